The van der Waals surface area contributed by atoms with Gasteiger partial charge in [-0.3, -0.25) is 9.59 Å². The van der Waals surface area contributed by atoms with E-state index < -0.39 is 17.7 Å². The SMILES string of the molecule is CCc1c(C(=O)C(N)=O)c2c(OCC(=O)OC)cccn2c1Cc1ccccc1Cc1ccccc1. The number of primary amides is 1. The number of fused-ring (bicyclic) bond motifs is 1. The highest BCUT2D eigenvalue weighted by Gasteiger charge is 2.28. The largest absolute Gasteiger partial charge is 0.480 e. The molecule has 7 heteroatoms. The second-order valence-electron chi connectivity index (χ2n) is 8.41. The minimum atomic E-state index is -1.05. The second kappa shape index (κ2) is 10.9. The van der Waals surface area contributed by atoms with E-state index in [1.807, 2.05) is 47.9 Å². The van der Waals surface area contributed by atoms with Crippen LogP contribution < -0.4 is 10.5 Å². The monoisotopic (exact) mass is 484 g/mol. The Morgan fingerprint density at radius 1 is 0.889 bits per heavy atom. The van der Waals surface area contributed by atoms with E-state index in [4.69, 9.17) is 10.5 Å². The van der Waals surface area contributed by atoms with Gasteiger partial charge in [-0.25, -0.2) is 4.79 Å². The standard InChI is InChI=1S/C29H28N2O5/c1-3-22-23(17-21-13-8-7-12-20(21)16-19-10-5-4-6-11-19)31-15-9-14-24(36-18-25(32)35-2)27(31)26(22)28(33)29(30)34/h4-15H,3,16-18H2,1-2H3,(H2,30,34). The van der Waals surface area contributed by atoms with Crippen LogP contribution in [0.3, 0.4) is 0 Å². The van der Waals surface area contributed by atoms with Gasteiger partial charge in [-0.05, 0) is 47.2 Å². The van der Waals surface area contributed by atoms with Gasteiger partial charge in [-0.15, -0.1) is 0 Å². The van der Waals surface area contributed by atoms with Crippen LogP contribution in [0.25, 0.3) is 5.52 Å². The highest BCUT2D eigenvalue weighted by atomic mass is 16.6. The normalized spacial score (nSPS) is 10.8. The molecule has 0 atom stereocenters. The third kappa shape index (κ3) is 5.00. The summed E-state index contributed by atoms with van der Waals surface area (Å²) < 4.78 is 12.2. The number of carbonyl (C=O) groups is 3. The molecular weight excluding hydrogens is 456 g/mol. The first kappa shape index (κ1) is 24.7. The van der Waals surface area contributed by atoms with Gasteiger partial charge in [0.2, 0.25) is 0 Å². The quantitative estimate of drug-likeness (QED) is 0.209. The number of aromatic nitrogens is 1. The van der Waals surface area contributed by atoms with Crippen molar-refractivity contribution in [3.8, 4) is 5.75 Å². The van der Waals surface area contributed by atoms with Crippen LogP contribution in [-0.2, 0) is 33.6 Å². The third-order valence-electron chi connectivity index (χ3n) is 6.23. The van der Waals surface area contributed by atoms with Crippen LogP contribution in [0.5, 0.6) is 5.75 Å². The highest BCUT2D eigenvalue weighted by Crippen LogP contribution is 2.34. The Bertz CT molecular complexity index is 1420. The number of hydrogen-bond donors (Lipinski definition) is 1. The molecule has 2 aromatic heterocycles. The van der Waals surface area contributed by atoms with Crippen molar-refractivity contribution < 1.29 is 23.9 Å². The number of ether oxygens (including phenoxy) is 2. The molecule has 2 heterocycles. The maximum atomic E-state index is 13.0. The Balaban J connectivity index is 1.86. The number of hydrogen-bond acceptors (Lipinski definition) is 5. The van der Waals surface area contributed by atoms with Crippen molar-refractivity contribution in [1.29, 1.82) is 0 Å². The number of amides is 1. The van der Waals surface area contributed by atoms with E-state index in [1.165, 1.54) is 18.2 Å². The number of methoxy groups -OCH3 is 1. The molecule has 2 N–H and O–H groups in total. The van der Waals surface area contributed by atoms with Gasteiger partial charge >= 0.3 is 5.97 Å². The number of pyridine rings is 1. The van der Waals surface area contributed by atoms with Gasteiger partial charge in [-0.1, -0.05) is 61.5 Å². The highest BCUT2D eigenvalue weighted by molar-refractivity contribution is 6.44. The van der Waals surface area contributed by atoms with E-state index in [2.05, 4.69) is 29.0 Å². The van der Waals surface area contributed by atoms with Gasteiger partial charge in [0.25, 0.3) is 11.7 Å². The van der Waals surface area contributed by atoms with Crippen molar-refractivity contribution >= 4 is 23.2 Å². The fourth-order valence-electron chi connectivity index (χ4n) is 4.54. The summed E-state index contributed by atoms with van der Waals surface area (Å²) >= 11 is 0. The zero-order valence-corrected chi connectivity index (χ0v) is 20.3. The van der Waals surface area contributed by atoms with Crippen LogP contribution in [0, 0.1) is 0 Å². The van der Waals surface area contributed by atoms with Crippen LogP contribution in [0.4, 0.5) is 0 Å². The maximum Gasteiger partial charge on any atom is 0.343 e. The Kier molecular flexibility index (Phi) is 7.49. The van der Waals surface area contributed by atoms with Gasteiger partial charge in [0, 0.05) is 18.3 Å². The van der Waals surface area contributed by atoms with Crippen LogP contribution in [0.15, 0.2) is 72.9 Å². The van der Waals surface area contributed by atoms with E-state index in [0.29, 0.717) is 24.1 Å². The molecule has 0 fully saturated rings. The number of benzene rings is 2. The summed E-state index contributed by atoms with van der Waals surface area (Å²) in [7, 11) is 1.27. The van der Waals surface area contributed by atoms with E-state index in [1.54, 1.807) is 12.1 Å². The molecule has 4 rings (SSSR count). The summed E-state index contributed by atoms with van der Waals surface area (Å²) in [4.78, 5) is 36.7. The second-order valence-corrected chi connectivity index (χ2v) is 8.41. The molecule has 36 heavy (non-hydrogen) atoms. The lowest BCUT2D eigenvalue weighted by Crippen LogP contribution is -2.24. The molecule has 0 saturated carbocycles. The number of esters is 1. The molecule has 2 aromatic carbocycles. The van der Waals surface area contributed by atoms with E-state index in [0.717, 1.165) is 23.2 Å². The minimum absolute atomic E-state index is 0.209. The molecule has 0 aliphatic heterocycles. The third-order valence-corrected chi connectivity index (χ3v) is 6.23. The molecule has 0 aliphatic carbocycles. The van der Waals surface area contributed by atoms with Gasteiger partial charge < -0.3 is 19.6 Å². The number of ketones is 1. The van der Waals surface area contributed by atoms with Crippen molar-refractivity contribution in [3.63, 3.8) is 0 Å². The Hall–Kier alpha value is -4.39. The molecule has 0 radical (unpaired) electrons. The van der Waals surface area contributed by atoms with Crippen LogP contribution >= 0.6 is 0 Å². The average molecular weight is 485 g/mol. The molecule has 0 aliphatic rings. The molecule has 0 unspecified atom stereocenters. The molecule has 7 nitrogen and oxygen atoms in total. The van der Waals surface area contributed by atoms with E-state index >= 15 is 0 Å². The number of carbonyl (C=O) groups excluding carboxylic acids is 3. The maximum absolute atomic E-state index is 13.0. The van der Waals surface area contributed by atoms with Gasteiger partial charge in [0.1, 0.15) is 5.75 Å². The lowest BCUT2D eigenvalue weighted by Gasteiger charge is -2.12. The fourth-order valence-corrected chi connectivity index (χ4v) is 4.54. The van der Waals surface area contributed by atoms with Crippen molar-refractivity contribution in [1.82, 2.24) is 4.40 Å². The number of rotatable bonds is 10. The van der Waals surface area contributed by atoms with Crippen LogP contribution in [0.1, 0.15) is 45.2 Å². The van der Waals surface area contributed by atoms with E-state index in [9.17, 15) is 14.4 Å². The molecule has 4 aromatic rings. The predicted molar refractivity (Wildman–Crippen MR) is 136 cm³/mol. The topological polar surface area (TPSA) is 100 Å². The zero-order chi connectivity index (χ0) is 25.7. The van der Waals surface area contributed by atoms with Crippen molar-refractivity contribution in [2.75, 3.05) is 13.7 Å². The first-order chi connectivity index (χ1) is 17.4. The fraction of sp³-hybridized carbons (Fsp3) is 0.207. The first-order valence-electron chi connectivity index (χ1n) is 11.7. The summed E-state index contributed by atoms with van der Waals surface area (Å²) in [5.41, 5.74) is 11.1. The van der Waals surface area contributed by atoms with Gasteiger partial charge in [-0.2, -0.15) is 0 Å². The van der Waals surface area contributed by atoms with Gasteiger partial charge in [0.15, 0.2) is 6.61 Å². The first-order valence-corrected chi connectivity index (χ1v) is 11.7. The smallest absolute Gasteiger partial charge is 0.343 e. The van der Waals surface area contributed by atoms with Crippen molar-refractivity contribution in [2.45, 2.75) is 26.2 Å². The van der Waals surface area contributed by atoms with Gasteiger partial charge in [0.05, 0.1) is 18.2 Å². The van der Waals surface area contributed by atoms with Crippen molar-refractivity contribution in [3.05, 3.63) is 106 Å². The van der Waals surface area contributed by atoms with Crippen molar-refractivity contribution in [2.24, 2.45) is 5.73 Å². The Morgan fingerprint density at radius 2 is 1.56 bits per heavy atom. The molecule has 0 saturated heterocycles. The number of Topliss-reactive ketones (excluding diaryl/α,β-unsaturated/α-hetero) is 1. The molecule has 184 valence electrons. The molecule has 1 amide bonds. The summed E-state index contributed by atoms with van der Waals surface area (Å²) in [5, 5.41) is 0. The number of nitrogens with zero attached hydrogens (tertiary/aromatic N) is 1. The predicted octanol–water partition coefficient (Wildman–Crippen LogP) is 3.90. The summed E-state index contributed by atoms with van der Waals surface area (Å²) in [6.45, 7) is 1.60. The summed E-state index contributed by atoms with van der Waals surface area (Å²) in [6.07, 6.45) is 3.62. The zero-order valence-electron chi connectivity index (χ0n) is 20.3. The lowest BCUT2D eigenvalue weighted by atomic mass is 9.94. The Labute approximate surface area is 209 Å². The minimum Gasteiger partial charge on any atom is -0.480 e. The Morgan fingerprint density at radius 3 is 2.19 bits per heavy atom. The molecule has 0 bridgehead atoms. The number of nitrogens with two attached hydrogens (primary N) is 1. The van der Waals surface area contributed by atoms with Crippen LogP contribution in [-0.4, -0.2) is 35.8 Å². The summed E-state index contributed by atoms with van der Waals surface area (Å²) in [5.74, 6) is -2.10. The average Bonchev–Trinajstić information content (AvgIpc) is 3.22. The van der Waals surface area contributed by atoms with E-state index in [-0.39, 0.29) is 12.2 Å². The van der Waals surface area contributed by atoms with Crippen LogP contribution in [0.2, 0.25) is 0 Å². The molecule has 0 spiro atoms. The molecular formula is C29H28N2O5. The summed E-state index contributed by atoms with van der Waals surface area (Å²) in [6, 6.07) is 21.8. The lowest BCUT2D eigenvalue weighted by molar-refractivity contribution is -0.142.